The van der Waals surface area contributed by atoms with Crippen LogP contribution in [0.4, 0.5) is 0 Å². The van der Waals surface area contributed by atoms with E-state index in [2.05, 4.69) is 10.5 Å². The Morgan fingerprint density at radius 1 is 1.19 bits per heavy atom. The zero-order chi connectivity index (χ0) is 30.5. The van der Waals surface area contributed by atoms with Crippen LogP contribution >= 0.6 is 0 Å². The average molecular weight is 586 g/mol. The van der Waals surface area contributed by atoms with E-state index in [0.717, 1.165) is 0 Å². The van der Waals surface area contributed by atoms with Crippen molar-refractivity contribution in [3.8, 4) is 17.2 Å². The molecule has 226 valence electrons. The molecule has 1 heterocycles. The lowest BCUT2D eigenvalue weighted by molar-refractivity contribution is -0.245. The number of aromatic hydroxyl groups is 2. The van der Waals surface area contributed by atoms with E-state index in [4.69, 9.17) is 19.9 Å². The van der Waals surface area contributed by atoms with Gasteiger partial charge in [0.2, 0.25) is 5.78 Å². The Hall–Kier alpha value is -3.59. The maximum atomic E-state index is 13.8. The molecular formula is C29H35N3O10. The minimum Gasteiger partial charge on any atom is -0.507 e. The molecule has 0 saturated carbocycles. The van der Waals surface area contributed by atoms with Crippen molar-refractivity contribution in [3.05, 3.63) is 51.6 Å². The zero-order valence-corrected chi connectivity index (χ0v) is 23.5. The molecule has 1 aliphatic heterocycles. The summed E-state index contributed by atoms with van der Waals surface area (Å²) in [6.45, 7) is 3.13. The molecule has 0 aromatic heterocycles. The van der Waals surface area contributed by atoms with E-state index in [1.165, 1.54) is 25.3 Å². The number of carbonyl (C=O) groups excluding carboxylic acids is 2. The van der Waals surface area contributed by atoms with Crippen LogP contribution in [-0.2, 0) is 15.9 Å². The minimum atomic E-state index is -1.91. The normalized spacial score (nSPS) is 29.0. The Morgan fingerprint density at radius 2 is 1.90 bits per heavy atom. The predicted molar refractivity (Wildman–Crippen MR) is 148 cm³/mol. The Balaban J connectivity index is 1.69. The molecule has 8 N–H and O–H groups in total. The average Bonchev–Trinajstić information content (AvgIpc) is 2.96. The van der Waals surface area contributed by atoms with Crippen molar-refractivity contribution >= 4 is 17.3 Å². The summed E-state index contributed by atoms with van der Waals surface area (Å²) in [6.07, 6.45) is -4.45. The first kappa shape index (κ1) is 29.9. The fourth-order valence-electron chi connectivity index (χ4n) is 6.07. The molecule has 42 heavy (non-hydrogen) atoms. The molecule has 13 nitrogen and oxygen atoms in total. The van der Waals surface area contributed by atoms with E-state index in [1.807, 2.05) is 0 Å². The predicted octanol–water partition coefficient (Wildman–Crippen LogP) is 0.398. The molecule has 2 aliphatic carbocycles. The summed E-state index contributed by atoms with van der Waals surface area (Å²) in [6, 6.07) is 3.77. The van der Waals surface area contributed by atoms with Crippen LogP contribution in [0.25, 0.3) is 0 Å². The van der Waals surface area contributed by atoms with Gasteiger partial charge < -0.3 is 50.9 Å². The van der Waals surface area contributed by atoms with E-state index in [-0.39, 0.29) is 53.0 Å². The highest BCUT2D eigenvalue weighted by Crippen LogP contribution is 2.52. The highest BCUT2D eigenvalue weighted by atomic mass is 16.7. The van der Waals surface area contributed by atoms with E-state index in [0.29, 0.717) is 6.54 Å². The molecule has 0 radical (unpaired) electrons. The highest BCUT2D eigenvalue weighted by molar-refractivity contribution is 6.31. The van der Waals surface area contributed by atoms with Crippen LogP contribution in [0, 0.1) is 0 Å². The lowest BCUT2D eigenvalue weighted by Crippen LogP contribution is -2.53. The molecular weight excluding hydrogens is 550 g/mol. The first-order chi connectivity index (χ1) is 20.0. The molecule has 5 rings (SSSR count). The van der Waals surface area contributed by atoms with E-state index >= 15 is 0 Å². The lowest BCUT2D eigenvalue weighted by Gasteiger charge is -2.43. The summed E-state index contributed by atoms with van der Waals surface area (Å²) >= 11 is 0. The third kappa shape index (κ3) is 4.71. The van der Waals surface area contributed by atoms with Crippen molar-refractivity contribution in [1.29, 1.82) is 0 Å². The second kappa shape index (κ2) is 11.2. The van der Waals surface area contributed by atoms with Gasteiger partial charge in [0.15, 0.2) is 12.1 Å². The number of hydrogen-bond acceptors (Lipinski definition) is 13. The van der Waals surface area contributed by atoms with Gasteiger partial charge in [0, 0.05) is 48.5 Å². The minimum absolute atomic E-state index is 0.0118. The van der Waals surface area contributed by atoms with Crippen LogP contribution < -0.4 is 15.9 Å². The van der Waals surface area contributed by atoms with Gasteiger partial charge >= 0.3 is 0 Å². The van der Waals surface area contributed by atoms with Crippen molar-refractivity contribution in [1.82, 2.24) is 5.43 Å². The number of nitrogens with zero attached hydrogens (tertiary/aromatic N) is 1. The summed E-state index contributed by atoms with van der Waals surface area (Å²) in [5, 5.41) is 59.5. The van der Waals surface area contributed by atoms with Crippen LogP contribution in [0.1, 0.15) is 75.8 Å². The Kier molecular flexibility index (Phi) is 8.00. The number of ether oxygens (including phenoxy) is 3. The topological polar surface area (TPSA) is 213 Å². The van der Waals surface area contributed by atoms with Crippen LogP contribution in [0.2, 0.25) is 0 Å². The molecule has 0 spiro atoms. The van der Waals surface area contributed by atoms with Crippen LogP contribution in [0.3, 0.4) is 0 Å². The van der Waals surface area contributed by atoms with Gasteiger partial charge in [0.1, 0.15) is 22.8 Å². The van der Waals surface area contributed by atoms with Crippen molar-refractivity contribution in [3.63, 3.8) is 0 Å². The number of rotatable bonds is 7. The maximum Gasteiger partial charge on any atom is 0.202 e. The first-order valence-corrected chi connectivity index (χ1v) is 13.7. The maximum absolute atomic E-state index is 13.8. The number of phenols is 2. The van der Waals surface area contributed by atoms with E-state index < -0.39 is 77.0 Å². The highest BCUT2D eigenvalue weighted by Gasteiger charge is 2.49. The lowest BCUT2D eigenvalue weighted by atomic mass is 9.71. The van der Waals surface area contributed by atoms with Gasteiger partial charge in [-0.3, -0.25) is 9.59 Å². The van der Waals surface area contributed by atoms with Gasteiger partial charge in [-0.15, -0.1) is 0 Å². The number of aliphatic hydroxyl groups is 3. The number of hydrogen-bond donors (Lipinski definition) is 7. The Labute approximate surface area is 241 Å². The molecule has 1 saturated heterocycles. The van der Waals surface area contributed by atoms with Gasteiger partial charge in [-0.2, -0.15) is 5.10 Å². The second-order valence-electron chi connectivity index (χ2n) is 10.8. The number of benzene rings is 2. The number of hydrazone groups is 1. The number of phenolic OH excluding ortho intramolecular Hbond substituents is 2. The molecule has 0 unspecified atom stereocenters. The molecule has 6 atom stereocenters. The zero-order valence-electron chi connectivity index (χ0n) is 23.5. The molecule has 3 aliphatic rings. The van der Waals surface area contributed by atoms with Crippen LogP contribution in [0.15, 0.2) is 23.3 Å². The quantitative estimate of drug-likeness (QED) is 0.114. The largest absolute Gasteiger partial charge is 0.507 e. The standard InChI is InChI=1S/C29H35N3O10/c1-4-31-32-18(11-33)29(39)9-14-21(17(10-29)42-19-8-15(30)24(34)12(2)41-19)28(38)23-22(26(14)36)25(35)13-6-5-7-16(40-3)20(13)27(23)37/h5-7,12,15,17,19,24,31,33-34,36,38-39H,4,8-11,30H2,1-3H3/b32-18+/t12-,15-,17-,19-,24+,29-/m0/s1. The van der Waals surface area contributed by atoms with Gasteiger partial charge in [-0.1, -0.05) is 12.1 Å². The van der Waals surface area contributed by atoms with Crippen molar-refractivity contribution in [2.24, 2.45) is 10.8 Å². The summed E-state index contributed by atoms with van der Waals surface area (Å²) in [5.74, 6) is -2.53. The second-order valence-corrected chi connectivity index (χ2v) is 10.8. The number of fused-ring (bicyclic) bond motifs is 3. The van der Waals surface area contributed by atoms with Crippen molar-refractivity contribution in [2.75, 3.05) is 20.3 Å². The van der Waals surface area contributed by atoms with Gasteiger partial charge in [-0.05, 0) is 19.9 Å². The number of nitrogens with one attached hydrogen (secondary N) is 1. The fraction of sp³-hybridized carbons (Fsp3) is 0.483. The van der Waals surface area contributed by atoms with Crippen molar-refractivity contribution in [2.45, 2.75) is 69.4 Å². The van der Waals surface area contributed by atoms with Gasteiger partial charge in [-0.25, -0.2) is 0 Å². The van der Waals surface area contributed by atoms with Crippen LogP contribution in [-0.4, -0.2) is 93.2 Å². The molecule has 0 amide bonds. The smallest absolute Gasteiger partial charge is 0.202 e. The SMILES string of the molecule is CCN/N=C(\CO)[C@]1(O)Cc2c(O)c3c(c(O)c2[C@@H](O[C@H]2C[C@H](N)[C@H](O)[C@H](C)O2)C1)C(=O)c1c(OC)cccc1C3=O. The first-order valence-electron chi connectivity index (χ1n) is 13.7. The molecule has 1 fully saturated rings. The fourth-order valence-corrected chi connectivity index (χ4v) is 6.07. The Bertz CT molecular complexity index is 1450. The van der Waals surface area contributed by atoms with Gasteiger partial charge in [0.25, 0.3) is 0 Å². The Morgan fingerprint density at radius 3 is 2.55 bits per heavy atom. The number of ketones is 2. The number of methoxy groups -OCH3 is 1. The number of carbonyl (C=O) groups is 2. The molecule has 2 aromatic carbocycles. The monoisotopic (exact) mass is 585 g/mol. The third-order valence-corrected chi connectivity index (χ3v) is 8.20. The summed E-state index contributed by atoms with van der Waals surface area (Å²) in [7, 11) is 1.35. The molecule has 0 bridgehead atoms. The number of aliphatic hydroxyl groups excluding tert-OH is 2. The third-order valence-electron chi connectivity index (χ3n) is 8.20. The molecule has 13 heteroatoms. The van der Waals surface area contributed by atoms with Crippen molar-refractivity contribution < 1.29 is 49.3 Å². The summed E-state index contributed by atoms with van der Waals surface area (Å²) in [4.78, 5) is 27.5. The summed E-state index contributed by atoms with van der Waals surface area (Å²) in [5.41, 5.74) is 5.85. The van der Waals surface area contributed by atoms with E-state index in [9.17, 15) is 35.1 Å². The van der Waals surface area contributed by atoms with E-state index in [1.54, 1.807) is 13.8 Å². The number of nitrogens with two attached hydrogens (primary N) is 1. The molecule has 2 aromatic rings. The van der Waals surface area contributed by atoms with Crippen LogP contribution in [0.5, 0.6) is 17.2 Å². The summed E-state index contributed by atoms with van der Waals surface area (Å²) < 4.78 is 17.3. The van der Waals surface area contributed by atoms with Gasteiger partial charge in [0.05, 0.1) is 54.4 Å².